The number of rotatable bonds is 3. The van der Waals surface area contributed by atoms with Gasteiger partial charge in [-0.15, -0.1) is 0 Å². The molecule has 1 aliphatic heterocycles. The van der Waals surface area contributed by atoms with Crippen LogP contribution in [0, 0.1) is 17.2 Å². The Morgan fingerprint density at radius 2 is 1.95 bits per heavy atom. The van der Waals surface area contributed by atoms with Gasteiger partial charge < -0.3 is 10.6 Å². The van der Waals surface area contributed by atoms with Crippen LogP contribution in [0.1, 0.15) is 38.3 Å². The van der Waals surface area contributed by atoms with Crippen molar-refractivity contribution in [3.05, 3.63) is 35.1 Å². The monoisotopic (exact) mass is 278 g/mol. The van der Waals surface area contributed by atoms with E-state index in [0.717, 1.165) is 17.7 Å². The SMILES string of the molecule is CC(C)(C)C1CC(=O)N(Cc2cc(F)cc(CN)c2)C1. The van der Waals surface area contributed by atoms with Gasteiger partial charge in [0.2, 0.25) is 5.91 Å². The van der Waals surface area contributed by atoms with E-state index in [1.54, 1.807) is 0 Å². The topological polar surface area (TPSA) is 46.3 Å². The molecule has 2 N–H and O–H groups in total. The zero-order chi connectivity index (χ0) is 14.9. The Kier molecular flexibility index (Phi) is 4.14. The van der Waals surface area contributed by atoms with E-state index in [4.69, 9.17) is 5.73 Å². The Labute approximate surface area is 120 Å². The van der Waals surface area contributed by atoms with Gasteiger partial charge in [0, 0.05) is 26.1 Å². The molecule has 0 aliphatic carbocycles. The summed E-state index contributed by atoms with van der Waals surface area (Å²) in [4.78, 5) is 13.9. The second-order valence-corrected chi connectivity index (χ2v) is 6.71. The molecular formula is C16H23FN2O. The largest absolute Gasteiger partial charge is 0.338 e. The highest BCUT2D eigenvalue weighted by atomic mass is 19.1. The van der Waals surface area contributed by atoms with Crippen molar-refractivity contribution in [3.63, 3.8) is 0 Å². The quantitative estimate of drug-likeness (QED) is 0.924. The van der Waals surface area contributed by atoms with Crippen LogP contribution in [-0.2, 0) is 17.9 Å². The molecule has 1 heterocycles. The highest BCUT2D eigenvalue weighted by Crippen LogP contribution is 2.34. The fraction of sp³-hybridized carbons (Fsp3) is 0.562. The summed E-state index contributed by atoms with van der Waals surface area (Å²) in [6.45, 7) is 7.99. The van der Waals surface area contributed by atoms with Crippen LogP contribution in [0.3, 0.4) is 0 Å². The predicted molar refractivity (Wildman–Crippen MR) is 77.3 cm³/mol. The molecule has 1 amide bonds. The third kappa shape index (κ3) is 3.37. The lowest BCUT2D eigenvalue weighted by Crippen LogP contribution is -2.27. The van der Waals surface area contributed by atoms with Gasteiger partial charge in [0.15, 0.2) is 0 Å². The fourth-order valence-corrected chi connectivity index (χ4v) is 2.65. The molecule has 0 aromatic heterocycles. The molecule has 110 valence electrons. The van der Waals surface area contributed by atoms with Crippen molar-refractivity contribution in [3.8, 4) is 0 Å². The van der Waals surface area contributed by atoms with E-state index in [1.165, 1.54) is 12.1 Å². The van der Waals surface area contributed by atoms with Crippen LogP contribution >= 0.6 is 0 Å². The number of nitrogens with zero attached hydrogens (tertiary/aromatic N) is 1. The molecule has 4 heteroatoms. The van der Waals surface area contributed by atoms with E-state index >= 15 is 0 Å². The van der Waals surface area contributed by atoms with Crippen molar-refractivity contribution >= 4 is 5.91 Å². The van der Waals surface area contributed by atoms with Crippen LogP contribution in [0.4, 0.5) is 4.39 Å². The van der Waals surface area contributed by atoms with Gasteiger partial charge in [-0.05, 0) is 34.6 Å². The van der Waals surface area contributed by atoms with Crippen molar-refractivity contribution in [2.45, 2.75) is 40.3 Å². The summed E-state index contributed by atoms with van der Waals surface area (Å²) in [5.41, 5.74) is 7.25. The lowest BCUT2D eigenvalue weighted by molar-refractivity contribution is -0.128. The molecule has 0 bridgehead atoms. The first-order valence-electron chi connectivity index (χ1n) is 7.06. The van der Waals surface area contributed by atoms with Gasteiger partial charge in [-0.3, -0.25) is 4.79 Å². The van der Waals surface area contributed by atoms with Crippen LogP contribution in [0.5, 0.6) is 0 Å². The molecule has 2 rings (SSSR count). The van der Waals surface area contributed by atoms with Gasteiger partial charge >= 0.3 is 0 Å². The number of benzene rings is 1. The van der Waals surface area contributed by atoms with Crippen molar-refractivity contribution < 1.29 is 9.18 Å². The summed E-state index contributed by atoms with van der Waals surface area (Å²) in [5, 5.41) is 0. The van der Waals surface area contributed by atoms with Crippen molar-refractivity contribution in [1.29, 1.82) is 0 Å². The van der Waals surface area contributed by atoms with E-state index in [-0.39, 0.29) is 17.1 Å². The van der Waals surface area contributed by atoms with Crippen LogP contribution in [-0.4, -0.2) is 17.4 Å². The minimum Gasteiger partial charge on any atom is -0.338 e. The van der Waals surface area contributed by atoms with Crippen LogP contribution < -0.4 is 5.73 Å². The number of nitrogens with two attached hydrogens (primary N) is 1. The summed E-state index contributed by atoms with van der Waals surface area (Å²) >= 11 is 0. The average molecular weight is 278 g/mol. The molecule has 3 nitrogen and oxygen atoms in total. The number of carbonyl (C=O) groups is 1. The Hall–Kier alpha value is -1.42. The lowest BCUT2D eigenvalue weighted by atomic mass is 9.80. The normalized spacial score (nSPS) is 19.8. The lowest BCUT2D eigenvalue weighted by Gasteiger charge is -2.26. The molecule has 1 saturated heterocycles. The zero-order valence-electron chi connectivity index (χ0n) is 12.4. The summed E-state index contributed by atoms with van der Waals surface area (Å²) in [5.74, 6) is 0.225. The van der Waals surface area contributed by atoms with E-state index in [1.807, 2.05) is 11.0 Å². The predicted octanol–water partition coefficient (Wildman–Crippen LogP) is 2.68. The highest BCUT2D eigenvalue weighted by Gasteiger charge is 2.36. The molecule has 1 aromatic rings. The smallest absolute Gasteiger partial charge is 0.223 e. The Morgan fingerprint density at radius 3 is 2.50 bits per heavy atom. The summed E-state index contributed by atoms with van der Waals surface area (Å²) in [7, 11) is 0. The maximum Gasteiger partial charge on any atom is 0.223 e. The van der Waals surface area contributed by atoms with Gasteiger partial charge in [0.05, 0.1) is 0 Å². The van der Waals surface area contributed by atoms with Gasteiger partial charge in [0.25, 0.3) is 0 Å². The maximum atomic E-state index is 13.5. The van der Waals surface area contributed by atoms with E-state index in [0.29, 0.717) is 25.4 Å². The van der Waals surface area contributed by atoms with Crippen molar-refractivity contribution in [1.82, 2.24) is 4.90 Å². The van der Waals surface area contributed by atoms with E-state index in [2.05, 4.69) is 20.8 Å². The number of halogens is 1. The highest BCUT2D eigenvalue weighted by molar-refractivity contribution is 5.78. The molecule has 1 atom stereocenters. The molecule has 1 fully saturated rings. The van der Waals surface area contributed by atoms with Gasteiger partial charge in [-0.1, -0.05) is 26.8 Å². The average Bonchev–Trinajstić information content (AvgIpc) is 2.70. The second kappa shape index (κ2) is 5.52. The number of hydrogen-bond donors (Lipinski definition) is 1. The summed E-state index contributed by atoms with van der Waals surface area (Å²) in [6, 6.07) is 4.80. The zero-order valence-corrected chi connectivity index (χ0v) is 12.4. The molecule has 0 spiro atoms. The molecule has 20 heavy (non-hydrogen) atoms. The molecule has 1 aromatic carbocycles. The first kappa shape index (κ1) is 15.0. The molecule has 0 radical (unpaired) electrons. The fourth-order valence-electron chi connectivity index (χ4n) is 2.65. The first-order chi connectivity index (χ1) is 9.29. The van der Waals surface area contributed by atoms with Crippen molar-refractivity contribution in [2.24, 2.45) is 17.1 Å². The van der Waals surface area contributed by atoms with Crippen LogP contribution in [0.2, 0.25) is 0 Å². The van der Waals surface area contributed by atoms with Gasteiger partial charge in [-0.2, -0.15) is 0 Å². The first-order valence-corrected chi connectivity index (χ1v) is 7.06. The Bertz CT molecular complexity index is 508. The van der Waals surface area contributed by atoms with E-state index < -0.39 is 0 Å². The van der Waals surface area contributed by atoms with Gasteiger partial charge in [0.1, 0.15) is 5.82 Å². The van der Waals surface area contributed by atoms with Crippen LogP contribution in [0.25, 0.3) is 0 Å². The maximum absolute atomic E-state index is 13.5. The molecule has 0 saturated carbocycles. The molecule has 1 unspecified atom stereocenters. The molecule has 1 aliphatic rings. The van der Waals surface area contributed by atoms with Gasteiger partial charge in [-0.25, -0.2) is 4.39 Å². The number of likely N-dealkylation sites (tertiary alicyclic amines) is 1. The Balaban J connectivity index is 2.11. The van der Waals surface area contributed by atoms with Crippen molar-refractivity contribution in [2.75, 3.05) is 6.54 Å². The minimum atomic E-state index is -0.290. The molecular weight excluding hydrogens is 255 g/mol. The third-order valence-electron chi connectivity index (χ3n) is 4.07. The Morgan fingerprint density at radius 1 is 1.30 bits per heavy atom. The van der Waals surface area contributed by atoms with E-state index in [9.17, 15) is 9.18 Å². The third-order valence-corrected chi connectivity index (χ3v) is 4.07. The van der Waals surface area contributed by atoms with Crippen LogP contribution in [0.15, 0.2) is 18.2 Å². The standard InChI is InChI=1S/C16H23FN2O/c1-16(2,3)13-7-15(20)19(10-13)9-12-4-11(8-18)5-14(17)6-12/h4-6,13H,7-10,18H2,1-3H3. The minimum absolute atomic E-state index is 0.120. The summed E-state index contributed by atoms with van der Waals surface area (Å²) in [6.07, 6.45) is 0.586. The second-order valence-electron chi connectivity index (χ2n) is 6.71. The summed E-state index contributed by atoms with van der Waals surface area (Å²) < 4.78 is 13.5. The number of amides is 1. The number of hydrogen-bond acceptors (Lipinski definition) is 2. The number of carbonyl (C=O) groups excluding carboxylic acids is 1.